The van der Waals surface area contributed by atoms with Crippen LogP contribution >= 0.6 is 15.9 Å². The molecule has 5 heteroatoms. The monoisotopic (exact) mass is 307 g/mol. The third-order valence-corrected chi connectivity index (χ3v) is 3.02. The first-order valence-electron chi connectivity index (χ1n) is 5.68. The van der Waals surface area contributed by atoms with Crippen molar-refractivity contribution in [3.8, 4) is 0 Å². The van der Waals surface area contributed by atoms with Crippen molar-refractivity contribution in [1.82, 2.24) is 15.1 Å². The highest BCUT2D eigenvalue weighted by Gasteiger charge is 2.04. The summed E-state index contributed by atoms with van der Waals surface area (Å²) in [5, 5.41) is 7.02. The minimum Gasteiger partial charge on any atom is -0.350 e. The van der Waals surface area contributed by atoms with Gasteiger partial charge in [0.25, 0.3) is 5.91 Å². The van der Waals surface area contributed by atoms with Crippen LogP contribution in [-0.4, -0.2) is 22.2 Å². The number of nitrogens with zero attached hydrogens (tertiary/aromatic N) is 2. The highest BCUT2D eigenvalue weighted by Crippen LogP contribution is 2.10. The van der Waals surface area contributed by atoms with Crippen molar-refractivity contribution in [3.63, 3.8) is 0 Å². The molecule has 94 valence electrons. The average Bonchev–Trinajstić information content (AvgIpc) is 2.76. The first kappa shape index (κ1) is 12.8. The Morgan fingerprint density at radius 2 is 2.11 bits per heavy atom. The van der Waals surface area contributed by atoms with Gasteiger partial charge >= 0.3 is 0 Å². The van der Waals surface area contributed by atoms with E-state index in [2.05, 4.69) is 26.3 Å². The van der Waals surface area contributed by atoms with Crippen molar-refractivity contribution in [1.29, 1.82) is 0 Å². The van der Waals surface area contributed by atoms with Crippen molar-refractivity contribution < 1.29 is 4.79 Å². The third kappa shape index (κ3) is 3.43. The molecule has 1 amide bonds. The number of benzene rings is 1. The van der Waals surface area contributed by atoms with Gasteiger partial charge in [-0.2, -0.15) is 5.10 Å². The van der Waals surface area contributed by atoms with Crippen LogP contribution < -0.4 is 5.32 Å². The highest BCUT2D eigenvalue weighted by atomic mass is 79.9. The molecule has 0 atom stereocenters. The van der Waals surface area contributed by atoms with Gasteiger partial charge in [-0.05, 0) is 36.8 Å². The molecule has 2 aromatic rings. The summed E-state index contributed by atoms with van der Waals surface area (Å²) in [5.41, 5.74) is 1.78. The third-order valence-electron chi connectivity index (χ3n) is 2.50. The molecule has 0 fully saturated rings. The Morgan fingerprint density at radius 1 is 1.39 bits per heavy atom. The lowest BCUT2D eigenvalue weighted by molar-refractivity contribution is 0.0952. The fourth-order valence-electron chi connectivity index (χ4n) is 1.58. The first-order valence-corrected chi connectivity index (χ1v) is 6.47. The molecular formula is C13H14BrN3O. The number of hydrogen-bond acceptors (Lipinski definition) is 2. The largest absolute Gasteiger partial charge is 0.350 e. The maximum Gasteiger partial charge on any atom is 0.251 e. The molecule has 2 rings (SSSR count). The Bertz CT molecular complexity index is 533. The van der Waals surface area contributed by atoms with E-state index in [9.17, 15) is 4.79 Å². The van der Waals surface area contributed by atoms with E-state index in [4.69, 9.17) is 0 Å². The molecule has 1 aromatic heterocycles. The minimum atomic E-state index is -0.0635. The number of carbonyl (C=O) groups is 1. The molecule has 1 N–H and O–H groups in total. The van der Waals surface area contributed by atoms with Crippen LogP contribution in [0.3, 0.4) is 0 Å². The summed E-state index contributed by atoms with van der Waals surface area (Å²) >= 11 is 3.34. The Morgan fingerprint density at radius 3 is 2.72 bits per heavy atom. The predicted molar refractivity (Wildman–Crippen MR) is 73.4 cm³/mol. The topological polar surface area (TPSA) is 46.9 Å². The molecule has 0 aliphatic rings. The highest BCUT2D eigenvalue weighted by molar-refractivity contribution is 9.10. The van der Waals surface area contributed by atoms with Crippen LogP contribution in [0.4, 0.5) is 0 Å². The summed E-state index contributed by atoms with van der Waals surface area (Å²) in [6.07, 6.45) is 3.75. The van der Waals surface area contributed by atoms with Gasteiger partial charge in [-0.3, -0.25) is 9.48 Å². The van der Waals surface area contributed by atoms with Crippen molar-refractivity contribution in [2.75, 3.05) is 6.54 Å². The second-order valence-electron chi connectivity index (χ2n) is 4.04. The normalized spacial score (nSPS) is 10.3. The van der Waals surface area contributed by atoms with Gasteiger partial charge < -0.3 is 5.32 Å². The molecule has 0 radical (unpaired) electrons. The van der Waals surface area contributed by atoms with Crippen LogP contribution in [0.15, 0.2) is 41.1 Å². The Labute approximate surface area is 114 Å². The number of carbonyl (C=O) groups excluding carboxylic acids is 1. The van der Waals surface area contributed by atoms with Gasteiger partial charge in [-0.25, -0.2) is 0 Å². The molecule has 4 nitrogen and oxygen atoms in total. The molecule has 0 unspecified atom stereocenters. The molecule has 0 aliphatic heterocycles. The average molecular weight is 308 g/mol. The summed E-state index contributed by atoms with van der Waals surface area (Å²) in [6.45, 7) is 3.23. The van der Waals surface area contributed by atoms with Gasteiger partial charge in [0.2, 0.25) is 0 Å². The predicted octanol–water partition coefficient (Wildman–Crippen LogP) is 2.38. The van der Waals surface area contributed by atoms with Crippen molar-refractivity contribution >= 4 is 21.8 Å². The number of aromatic nitrogens is 2. The van der Waals surface area contributed by atoms with Gasteiger partial charge in [0.1, 0.15) is 0 Å². The van der Waals surface area contributed by atoms with Crippen LogP contribution in [0.1, 0.15) is 15.9 Å². The van der Waals surface area contributed by atoms with E-state index >= 15 is 0 Å². The summed E-state index contributed by atoms with van der Waals surface area (Å²) < 4.78 is 2.78. The lowest BCUT2D eigenvalue weighted by atomic mass is 10.2. The SMILES string of the molecule is Cc1cnn(CCNC(=O)c2ccc(Br)cc2)c1. The Balaban J connectivity index is 1.83. The quantitative estimate of drug-likeness (QED) is 0.942. The minimum absolute atomic E-state index is 0.0635. The van der Waals surface area contributed by atoms with E-state index in [1.54, 1.807) is 18.3 Å². The van der Waals surface area contributed by atoms with Crippen molar-refractivity contribution in [2.24, 2.45) is 0 Å². The zero-order valence-electron chi connectivity index (χ0n) is 10.1. The number of rotatable bonds is 4. The van der Waals surface area contributed by atoms with Gasteiger partial charge in [0.05, 0.1) is 12.7 Å². The smallest absolute Gasteiger partial charge is 0.251 e. The van der Waals surface area contributed by atoms with Crippen LogP contribution in [-0.2, 0) is 6.54 Å². The summed E-state index contributed by atoms with van der Waals surface area (Å²) in [4.78, 5) is 11.8. The molecule has 18 heavy (non-hydrogen) atoms. The van der Waals surface area contributed by atoms with Gasteiger partial charge in [0, 0.05) is 22.8 Å². The first-order chi connectivity index (χ1) is 8.65. The molecular weight excluding hydrogens is 294 g/mol. The van der Waals surface area contributed by atoms with Crippen LogP contribution in [0.25, 0.3) is 0 Å². The van der Waals surface area contributed by atoms with Gasteiger partial charge in [-0.15, -0.1) is 0 Å². The number of halogens is 1. The van der Waals surface area contributed by atoms with E-state index in [1.165, 1.54) is 0 Å². The van der Waals surface area contributed by atoms with Crippen molar-refractivity contribution in [2.45, 2.75) is 13.5 Å². The van der Waals surface area contributed by atoms with Gasteiger partial charge in [0.15, 0.2) is 0 Å². The molecule has 0 saturated carbocycles. The van der Waals surface area contributed by atoms with E-state index in [1.807, 2.05) is 29.9 Å². The van der Waals surface area contributed by atoms with Crippen LogP contribution in [0, 0.1) is 6.92 Å². The Hall–Kier alpha value is -1.62. The number of hydrogen-bond donors (Lipinski definition) is 1. The fraction of sp³-hybridized carbons (Fsp3) is 0.231. The lowest BCUT2D eigenvalue weighted by Gasteiger charge is -2.05. The zero-order valence-corrected chi connectivity index (χ0v) is 11.6. The van der Waals surface area contributed by atoms with E-state index < -0.39 is 0 Å². The second-order valence-corrected chi connectivity index (χ2v) is 4.96. The second kappa shape index (κ2) is 5.82. The van der Waals surface area contributed by atoms with E-state index in [0.29, 0.717) is 18.7 Å². The molecule has 0 bridgehead atoms. The lowest BCUT2D eigenvalue weighted by Crippen LogP contribution is -2.27. The number of amides is 1. The van der Waals surface area contributed by atoms with Crippen LogP contribution in [0.5, 0.6) is 0 Å². The van der Waals surface area contributed by atoms with Crippen LogP contribution in [0.2, 0.25) is 0 Å². The maximum absolute atomic E-state index is 11.8. The maximum atomic E-state index is 11.8. The van der Waals surface area contributed by atoms with Crippen molar-refractivity contribution in [3.05, 3.63) is 52.3 Å². The van der Waals surface area contributed by atoms with Gasteiger partial charge in [-0.1, -0.05) is 15.9 Å². The van der Waals surface area contributed by atoms with E-state index in [-0.39, 0.29) is 5.91 Å². The molecule has 0 saturated heterocycles. The molecule has 0 aliphatic carbocycles. The number of aryl methyl sites for hydroxylation is 1. The molecule has 0 spiro atoms. The fourth-order valence-corrected chi connectivity index (χ4v) is 1.84. The summed E-state index contributed by atoms with van der Waals surface area (Å²) in [5.74, 6) is -0.0635. The number of nitrogens with one attached hydrogen (secondary N) is 1. The standard InChI is InChI=1S/C13H14BrN3O/c1-10-8-16-17(9-10)7-6-15-13(18)11-2-4-12(14)5-3-11/h2-5,8-9H,6-7H2,1H3,(H,15,18). The van der Waals surface area contributed by atoms with E-state index in [0.717, 1.165) is 10.0 Å². The molecule has 1 aromatic carbocycles. The summed E-state index contributed by atoms with van der Waals surface area (Å²) in [7, 11) is 0. The zero-order chi connectivity index (χ0) is 13.0. The molecule has 1 heterocycles. The Kier molecular flexibility index (Phi) is 4.15. The summed E-state index contributed by atoms with van der Waals surface area (Å²) in [6, 6.07) is 7.28.